The van der Waals surface area contributed by atoms with Gasteiger partial charge in [-0.15, -0.1) is 0 Å². The smallest absolute Gasteiger partial charge is 0.223 e. The van der Waals surface area contributed by atoms with Gasteiger partial charge < -0.3 is 16.0 Å². The molecule has 128 valence electrons. The summed E-state index contributed by atoms with van der Waals surface area (Å²) in [5.74, 6) is 1.61. The van der Waals surface area contributed by atoms with Gasteiger partial charge in [0.15, 0.2) is 0 Å². The first-order chi connectivity index (χ1) is 12.3. The van der Waals surface area contributed by atoms with Crippen LogP contribution < -0.4 is 11.1 Å². The fourth-order valence-electron chi connectivity index (χ4n) is 2.72. The van der Waals surface area contributed by atoms with Gasteiger partial charge >= 0.3 is 0 Å². The minimum Gasteiger partial charge on any atom is -0.368 e. The van der Waals surface area contributed by atoms with Crippen molar-refractivity contribution in [2.45, 2.75) is 25.7 Å². The average Bonchev–Trinajstić information content (AvgIpc) is 3.27. The summed E-state index contributed by atoms with van der Waals surface area (Å²) in [6.45, 7) is 0.721. The SMILES string of the molecule is Nc1ncc(-c2ccnc(NCCc3cnc[nH]3)n2)c(CC2CC2)n1. The largest absolute Gasteiger partial charge is 0.368 e. The second-order valence-electron chi connectivity index (χ2n) is 6.26. The molecule has 4 rings (SSSR count). The van der Waals surface area contributed by atoms with E-state index in [0.29, 0.717) is 17.8 Å². The monoisotopic (exact) mass is 336 g/mol. The second kappa shape index (κ2) is 6.84. The van der Waals surface area contributed by atoms with Crippen LogP contribution in [0.25, 0.3) is 11.3 Å². The molecule has 0 aliphatic heterocycles. The number of nitrogen functional groups attached to an aromatic ring is 1. The molecule has 25 heavy (non-hydrogen) atoms. The Morgan fingerprint density at radius 1 is 1.20 bits per heavy atom. The normalized spacial score (nSPS) is 13.8. The maximum atomic E-state index is 5.77. The molecule has 1 saturated carbocycles. The quantitative estimate of drug-likeness (QED) is 0.602. The molecular weight excluding hydrogens is 316 g/mol. The zero-order chi connectivity index (χ0) is 17.1. The Labute approximate surface area is 145 Å². The minimum absolute atomic E-state index is 0.311. The number of nitrogens with two attached hydrogens (primary N) is 1. The van der Waals surface area contributed by atoms with Crippen LogP contribution in [-0.4, -0.2) is 36.4 Å². The Morgan fingerprint density at radius 2 is 2.12 bits per heavy atom. The molecular formula is C17H20N8. The van der Waals surface area contributed by atoms with Crippen molar-refractivity contribution in [3.8, 4) is 11.3 Å². The van der Waals surface area contributed by atoms with Crippen LogP contribution in [0.15, 0.2) is 31.0 Å². The molecule has 0 bridgehead atoms. The number of nitrogens with zero attached hydrogens (tertiary/aromatic N) is 5. The third kappa shape index (κ3) is 3.90. The maximum absolute atomic E-state index is 5.77. The predicted molar refractivity (Wildman–Crippen MR) is 94.7 cm³/mol. The zero-order valence-corrected chi connectivity index (χ0v) is 13.8. The van der Waals surface area contributed by atoms with Crippen LogP contribution >= 0.6 is 0 Å². The fraction of sp³-hybridized carbons (Fsp3) is 0.353. The van der Waals surface area contributed by atoms with E-state index >= 15 is 0 Å². The molecule has 8 heteroatoms. The first-order valence-electron chi connectivity index (χ1n) is 8.44. The molecule has 0 amide bonds. The van der Waals surface area contributed by atoms with Crippen LogP contribution in [0.3, 0.4) is 0 Å². The molecule has 1 aliphatic carbocycles. The predicted octanol–water partition coefficient (Wildman–Crippen LogP) is 1.85. The molecule has 0 radical (unpaired) electrons. The van der Waals surface area contributed by atoms with Crippen LogP contribution in [0.5, 0.6) is 0 Å². The van der Waals surface area contributed by atoms with Gasteiger partial charge in [-0.3, -0.25) is 0 Å². The van der Waals surface area contributed by atoms with E-state index < -0.39 is 0 Å². The van der Waals surface area contributed by atoms with E-state index in [-0.39, 0.29) is 0 Å². The van der Waals surface area contributed by atoms with E-state index in [0.717, 1.165) is 42.0 Å². The van der Waals surface area contributed by atoms with Crippen molar-refractivity contribution >= 4 is 11.9 Å². The highest BCUT2D eigenvalue weighted by molar-refractivity contribution is 5.62. The Morgan fingerprint density at radius 3 is 2.92 bits per heavy atom. The van der Waals surface area contributed by atoms with E-state index in [9.17, 15) is 0 Å². The fourth-order valence-corrected chi connectivity index (χ4v) is 2.72. The molecule has 3 heterocycles. The molecule has 8 nitrogen and oxygen atoms in total. The highest BCUT2D eigenvalue weighted by Gasteiger charge is 2.24. The minimum atomic E-state index is 0.311. The lowest BCUT2D eigenvalue weighted by Gasteiger charge is -2.10. The second-order valence-corrected chi connectivity index (χ2v) is 6.26. The first kappa shape index (κ1) is 15.5. The van der Waals surface area contributed by atoms with Gasteiger partial charge in [0.05, 0.1) is 17.7 Å². The molecule has 1 fully saturated rings. The van der Waals surface area contributed by atoms with Gasteiger partial charge in [-0.05, 0) is 31.2 Å². The number of hydrogen-bond donors (Lipinski definition) is 3. The average molecular weight is 336 g/mol. The number of H-pyrrole nitrogens is 1. The number of hydrogen-bond acceptors (Lipinski definition) is 7. The maximum Gasteiger partial charge on any atom is 0.223 e. The Balaban J connectivity index is 1.50. The molecule has 0 saturated heterocycles. The van der Waals surface area contributed by atoms with Crippen molar-refractivity contribution < 1.29 is 0 Å². The molecule has 0 atom stereocenters. The number of rotatable bonds is 7. The van der Waals surface area contributed by atoms with Crippen molar-refractivity contribution in [3.05, 3.63) is 42.4 Å². The Hall–Kier alpha value is -3.03. The van der Waals surface area contributed by atoms with Gasteiger partial charge in [0.1, 0.15) is 0 Å². The molecule has 3 aromatic heterocycles. The summed E-state index contributed by atoms with van der Waals surface area (Å²) in [4.78, 5) is 24.6. The van der Waals surface area contributed by atoms with Crippen LogP contribution in [0, 0.1) is 5.92 Å². The molecule has 0 spiro atoms. The third-order valence-electron chi connectivity index (χ3n) is 4.23. The van der Waals surface area contributed by atoms with E-state index in [1.54, 1.807) is 18.7 Å². The molecule has 0 unspecified atom stereocenters. The lowest BCUT2D eigenvalue weighted by Crippen LogP contribution is -2.09. The lowest BCUT2D eigenvalue weighted by molar-refractivity contribution is 0.802. The van der Waals surface area contributed by atoms with Gasteiger partial charge in [-0.2, -0.15) is 0 Å². The number of anilines is 2. The van der Waals surface area contributed by atoms with Gasteiger partial charge in [-0.25, -0.2) is 24.9 Å². The van der Waals surface area contributed by atoms with E-state index in [1.165, 1.54) is 12.8 Å². The standard InChI is InChI=1S/C17H20N8/c18-16-22-9-13(15(24-16)7-11-1-2-11)14-4-6-21-17(25-14)20-5-3-12-8-19-10-23-12/h4,6,8-11H,1-3,5,7H2,(H,19,23)(H2,18,22,24)(H,20,21,25). The summed E-state index contributed by atoms with van der Waals surface area (Å²) in [6, 6.07) is 1.88. The number of aromatic amines is 1. The van der Waals surface area contributed by atoms with Crippen molar-refractivity contribution in [2.75, 3.05) is 17.6 Å². The highest BCUT2D eigenvalue weighted by Crippen LogP contribution is 2.34. The summed E-state index contributed by atoms with van der Waals surface area (Å²) in [5, 5.41) is 3.24. The van der Waals surface area contributed by atoms with E-state index in [2.05, 4.69) is 35.2 Å². The molecule has 3 aromatic rings. The van der Waals surface area contributed by atoms with Crippen molar-refractivity contribution in [3.63, 3.8) is 0 Å². The van der Waals surface area contributed by atoms with Gasteiger partial charge in [0, 0.05) is 42.8 Å². The third-order valence-corrected chi connectivity index (χ3v) is 4.23. The van der Waals surface area contributed by atoms with E-state index in [4.69, 9.17) is 5.73 Å². The number of nitrogens with one attached hydrogen (secondary N) is 2. The van der Waals surface area contributed by atoms with Gasteiger partial charge in [0.2, 0.25) is 11.9 Å². The van der Waals surface area contributed by atoms with Crippen molar-refractivity contribution in [1.82, 2.24) is 29.9 Å². The highest BCUT2D eigenvalue weighted by atomic mass is 15.1. The topological polar surface area (TPSA) is 118 Å². The van der Waals surface area contributed by atoms with Crippen LogP contribution in [0.4, 0.5) is 11.9 Å². The summed E-state index contributed by atoms with van der Waals surface area (Å²) in [6.07, 6.45) is 11.3. The number of imidazole rings is 1. The molecule has 1 aliphatic rings. The van der Waals surface area contributed by atoms with Crippen LogP contribution in [0.2, 0.25) is 0 Å². The lowest BCUT2D eigenvalue weighted by atomic mass is 10.1. The summed E-state index contributed by atoms with van der Waals surface area (Å²) < 4.78 is 0. The Bertz CT molecular complexity index is 842. The molecule has 0 aromatic carbocycles. The van der Waals surface area contributed by atoms with Gasteiger partial charge in [0.25, 0.3) is 0 Å². The van der Waals surface area contributed by atoms with E-state index in [1.807, 2.05) is 12.3 Å². The summed E-state index contributed by atoms with van der Waals surface area (Å²) in [5.41, 5.74) is 9.55. The zero-order valence-electron chi connectivity index (χ0n) is 13.8. The first-order valence-corrected chi connectivity index (χ1v) is 8.44. The number of aromatic nitrogens is 6. The van der Waals surface area contributed by atoms with Crippen LogP contribution in [-0.2, 0) is 12.8 Å². The van der Waals surface area contributed by atoms with Gasteiger partial charge in [-0.1, -0.05) is 0 Å². The Kier molecular flexibility index (Phi) is 4.24. The summed E-state index contributed by atoms with van der Waals surface area (Å²) in [7, 11) is 0. The summed E-state index contributed by atoms with van der Waals surface area (Å²) >= 11 is 0. The molecule has 4 N–H and O–H groups in total. The van der Waals surface area contributed by atoms with Crippen molar-refractivity contribution in [1.29, 1.82) is 0 Å². The van der Waals surface area contributed by atoms with Crippen molar-refractivity contribution in [2.24, 2.45) is 5.92 Å². The van der Waals surface area contributed by atoms with Crippen LogP contribution in [0.1, 0.15) is 24.2 Å².